The number of anilines is 4. The van der Waals surface area contributed by atoms with Crippen molar-refractivity contribution in [1.82, 2.24) is 9.97 Å². The Hall–Kier alpha value is -3.39. The first-order valence-corrected chi connectivity index (χ1v) is 8.29. The first kappa shape index (κ1) is 18.4. The van der Waals surface area contributed by atoms with Crippen molar-refractivity contribution < 1.29 is 9.66 Å². The molecule has 0 aliphatic rings. The Balaban J connectivity index is 2.00. The molecule has 1 aromatic heterocycles. The molecule has 0 atom stereocenters. The van der Waals surface area contributed by atoms with Gasteiger partial charge in [-0.25, -0.2) is 9.97 Å². The first-order valence-electron chi connectivity index (χ1n) is 7.91. The van der Waals surface area contributed by atoms with Gasteiger partial charge in [0, 0.05) is 10.7 Å². The number of nitrogens with zero attached hydrogens (tertiary/aromatic N) is 3. The van der Waals surface area contributed by atoms with Crippen molar-refractivity contribution >= 4 is 40.3 Å². The second-order valence-corrected chi connectivity index (χ2v) is 6.07. The van der Waals surface area contributed by atoms with Crippen LogP contribution in [0.1, 0.15) is 5.56 Å². The van der Waals surface area contributed by atoms with Gasteiger partial charge >= 0.3 is 5.69 Å². The molecule has 0 unspecified atom stereocenters. The van der Waals surface area contributed by atoms with E-state index in [4.69, 9.17) is 16.3 Å². The van der Waals surface area contributed by atoms with E-state index in [0.29, 0.717) is 22.1 Å². The molecule has 1 heterocycles. The Morgan fingerprint density at radius 3 is 2.37 bits per heavy atom. The molecular formula is C18H16ClN5O3. The molecule has 0 saturated heterocycles. The number of aryl methyl sites for hydroxylation is 1. The smallest absolute Gasteiger partial charge is 0.353 e. The SMILES string of the molecule is COc1ccc(C)cc1Nc1ncnc(Nc2ccc(Cl)cc2)c1[N+](=O)[O-]. The fourth-order valence-electron chi connectivity index (χ4n) is 2.45. The minimum atomic E-state index is -0.539. The highest BCUT2D eigenvalue weighted by Gasteiger charge is 2.24. The summed E-state index contributed by atoms with van der Waals surface area (Å²) in [5.41, 5.74) is 1.86. The number of nitrogens with one attached hydrogen (secondary N) is 2. The van der Waals surface area contributed by atoms with Gasteiger partial charge in [0.2, 0.25) is 11.6 Å². The van der Waals surface area contributed by atoms with E-state index in [0.717, 1.165) is 5.56 Å². The molecule has 2 aromatic carbocycles. The van der Waals surface area contributed by atoms with E-state index in [1.54, 1.807) is 30.3 Å². The molecule has 0 amide bonds. The van der Waals surface area contributed by atoms with E-state index in [2.05, 4.69) is 20.6 Å². The van der Waals surface area contributed by atoms with Gasteiger partial charge < -0.3 is 15.4 Å². The second-order valence-electron chi connectivity index (χ2n) is 5.64. The minimum Gasteiger partial charge on any atom is -0.495 e. The predicted molar refractivity (Wildman–Crippen MR) is 104 cm³/mol. The summed E-state index contributed by atoms with van der Waals surface area (Å²) in [4.78, 5) is 19.2. The lowest BCUT2D eigenvalue weighted by atomic mass is 10.2. The molecule has 8 nitrogen and oxygen atoms in total. The third kappa shape index (κ3) is 4.24. The van der Waals surface area contributed by atoms with Crippen molar-refractivity contribution in [2.75, 3.05) is 17.7 Å². The molecule has 0 aliphatic heterocycles. The zero-order valence-corrected chi connectivity index (χ0v) is 15.3. The molecule has 0 spiro atoms. The molecule has 0 radical (unpaired) electrons. The highest BCUT2D eigenvalue weighted by molar-refractivity contribution is 6.30. The van der Waals surface area contributed by atoms with Crippen molar-refractivity contribution in [2.24, 2.45) is 0 Å². The van der Waals surface area contributed by atoms with Gasteiger partial charge in [-0.1, -0.05) is 17.7 Å². The largest absolute Gasteiger partial charge is 0.495 e. The van der Waals surface area contributed by atoms with Gasteiger partial charge in [-0.05, 0) is 48.9 Å². The van der Waals surface area contributed by atoms with E-state index in [-0.39, 0.29) is 17.3 Å². The molecule has 3 rings (SSSR count). The lowest BCUT2D eigenvalue weighted by Crippen LogP contribution is -2.06. The Bertz CT molecular complexity index is 979. The molecule has 2 N–H and O–H groups in total. The lowest BCUT2D eigenvalue weighted by molar-refractivity contribution is -0.383. The molecule has 0 aliphatic carbocycles. The van der Waals surface area contributed by atoms with Crippen LogP contribution >= 0.6 is 11.6 Å². The van der Waals surface area contributed by atoms with E-state index >= 15 is 0 Å². The zero-order chi connectivity index (χ0) is 19.4. The molecule has 0 bridgehead atoms. The molecule has 27 heavy (non-hydrogen) atoms. The van der Waals surface area contributed by atoms with Gasteiger partial charge in [0.05, 0.1) is 17.7 Å². The van der Waals surface area contributed by atoms with Crippen molar-refractivity contribution in [2.45, 2.75) is 6.92 Å². The van der Waals surface area contributed by atoms with E-state index < -0.39 is 4.92 Å². The summed E-state index contributed by atoms with van der Waals surface area (Å²) >= 11 is 5.87. The van der Waals surface area contributed by atoms with Gasteiger partial charge in [-0.2, -0.15) is 0 Å². The number of methoxy groups -OCH3 is 1. The topological polar surface area (TPSA) is 102 Å². The summed E-state index contributed by atoms with van der Waals surface area (Å²) in [7, 11) is 1.53. The van der Waals surface area contributed by atoms with Crippen LogP contribution in [0, 0.1) is 17.0 Å². The standard InChI is InChI=1S/C18H16ClN5O3/c1-11-3-8-15(27-2)14(9-11)23-18-16(24(25)26)17(20-10-21-18)22-13-6-4-12(19)5-7-13/h3-10H,1-2H3,(H2,20,21,22,23). The van der Waals surface area contributed by atoms with Crippen LogP contribution in [-0.2, 0) is 0 Å². The van der Waals surface area contributed by atoms with Crippen LogP contribution in [0.5, 0.6) is 5.75 Å². The predicted octanol–water partition coefficient (Wildman–Crippen LogP) is 4.84. The minimum absolute atomic E-state index is 0.0513. The second kappa shape index (κ2) is 7.88. The van der Waals surface area contributed by atoms with Gasteiger partial charge in [0.15, 0.2) is 0 Å². The number of hydrogen-bond acceptors (Lipinski definition) is 7. The van der Waals surface area contributed by atoms with Gasteiger partial charge in [0.25, 0.3) is 0 Å². The quantitative estimate of drug-likeness (QED) is 0.462. The maximum Gasteiger partial charge on any atom is 0.353 e. The van der Waals surface area contributed by atoms with Gasteiger partial charge in [0.1, 0.15) is 12.1 Å². The monoisotopic (exact) mass is 385 g/mol. The third-order valence-electron chi connectivity index (χ3n) is 3.72. The van der Waals surface area contributed by atoms with Crippen LogP contribution in [0.15, 0.2) is 48.8 Å². The average molecular weight is 386 g/mol. The molecule has 0 saturated carbocycles. The maximum absolute atomic E-state index is 11.7. The van der Waals surface area contributed by atoms with E-state index in [1.807, 2.05) is 19.1 Å². The lowest BCUT2D eigenvalue weighted by Gasteiger charge is -2.13. The van der Waals surface area contributed by atoms with Crippen LogP contribution < -0.4 is 15.4 Å². The molecular weight excluding hydrogens is 370 g/mol. The third-order valence-corrected chi connectivity index (χ3v) is 3.97. The van der Waals surface area contributed by atoms with Crippen LogP contribution in [0.25, 0.3) is 0 Å². The van der Waals surface area contributed by atoms with Crippen LogP contribution in [0.4, 0.5) is 28.7 Å². The summed E-state index contributed by atoms with van der Waals surface area (Å²) < 4.78 is 5.31. The number of nitro groups is 1. The highest BCUT2D eigenvalue weighted by atomic mass is 35.5. The van der Waals surface area contributed by atoms with E-state index in [9.17, 15) is 10.1 Å². The normalized spacial score (nSPS) is 10.3. The molecule has 0 fully saturated rings. The fourth-order valence-corrected chi connectivity index (χ4v) is 2.58. The fraction of sp³-hybridized carbons (Fsp3) is 0.111. The average Bonchev–Trinajstić information content (AvgIpc) is 2.64. The van der Waals surface area contributed by atoms with E-state index in [1.165, 1.54) is 13.4 Å². The number of hydrogen-bond donors (Lipinski definition) is 2. The Kier molecular flexibility index (Phi) is 5.37. The van der Waals surface area contributed by atoms with Gasteiger partial charge in [-0.15, -0.1) is 0 Å². The van der Waals surface area contributed by atoms with Crippen molar-refractivity contribution in [1.29, 1.82) is 0 Å². The van der Waals surface area contributed by atoms with Crippen molar-refractivity contribution in [3.63, 3.8) is 0 Å². The Morgan fingerprint density at radius 2 is 1.74 bits per heavy atom. The number of rotatable bonds is 6. The molecule has 138 valence electrons. The Morgan fingerprint density at radius 1 is 1.07 bits per heavy atom. The summed E-state index contributed by atoms with van der Waals surface area (Å²) in [6.07, 6.45) is 1.25. The number of benzene rings is 2. The van der Waals surface area contributed by atoms with Crippen LogP contribution in [-0.4, -0.2) is 22.0 Å². The number of aromatic nitrogens is 2. The van der Waals surface area contributed by atoms with Gasteiger partial charge in [-0.3, -0.25) is 10.1 Å². The summed E-state index contributed by atoms with van der Waals surface area (Å²) in [5.74, 6) is 0.655. The van der Waals surface area contributed by atoms with Crippen LogP contribution in [0.3, 0.4) is 0 Å². The molecule has 9 heteroatoms. The first-order chi connectivity index (χ1) is 13.0. The highest BCUT2D eigenvalue weighted by Crippen LogP contribution is 2.35. The molecule has 3 aromatic rings. The summed E-state index contributed by atoms with van der Waals surface area (Å²) in [6, 6.07) is 12.2. The Labute approximate surface area is 160 Å². The summed E-state index contributed by atoms with van der Waals surface area (Å²) in [6.45, 7) is 1.91. The van der Waals surface area contributed by atoms with Crippen molar-refractivity contribution in [3.05, 3.63) is 69.5 Å². The van der Waals surface area contributed by atoms with Crippen LogP contribution in [0.2, 0.25) is 5.02 Å². The number of ether oxygens (including phenoxy) is 1. The van der Waals surface area contributed by atoms with Crippen molar-refractivity contribution in [3.8, 4) is 5.75 Å². The maximum atomic E-state index is 11.7. The zero-order valence-electron chi connectivity index (χ0n) is 14.6. The summed E-state index contributed by atoms with van der Waals surface area (Å²) in [5, 5.41) is 18.1. The number of halogens is 1.